The Morgan fingerprint density at radius 1 is 1.47 bits per heavy atom. The zero-order valence-electron chi connectivity index (χ0n) is 9.91. The average Bonchev–Trinajstić information content (AvgIpc) is 3.11. The van der Waals surface area contributed by atoms with Crippen LogP contribution in [0, 0.1) is 0 Å². The van der Waals surface area contributed by atoms with E-state index in [0.29, 0.717) is 5.89 Å². The third-order valence-corrected chi connectivity index (χ3v) is 2.71. The predicted octanol–water partition coefficient (Wildman–Crippen LogP) is -0.0686. The Balaban J connectivity index is 1.70. The summed E-state index contributed by atoms with van der Waals surface area (Å²) in [7, 11) is 0. The number of hydrogen-bond acceptors (Lipinski definition) is 8. The van der Waals surface area contributed by atoms with Crippen LogP contribution in [-0.2, 0) is 0 Å². The van der Waals surface area contributed by atoms with Crippen molar-refractivity contribution in [2.45, 2.75) is 18.9 Å². The Kier molecular flexibility index (Phi) is 3.11. The van der Waals surface area contributed by atoms with Gasteiger partial charge in [-0.2, -0.15) is 10.1 Å². The second-order valence-corrected chi connectivity index (χ2v) is 4.03. The van der Waals surface area contributed by atoms with Gasteiger partial charge in [0.05, 0.1) is 18.4 Å². The molecule has 98 valence electrons. The van der Waals surface area contributed by atoms with Crippen molar-refractivity contribution in [1.29, 1.82) is 0 Å². The zero-order chi connectivity index (χ0) is 13.1. The Morgan fingerprint density at radius 2 is 2.42 bits per heavy atom. The molecule has 2 aromatic rings. The minimum atomic E-state index is -0.527. The van der Waals surface area contributed by atoms with Crippen LogP contribution in [0.15, 0.2) is 16.9 Å². The van der Waals surface area contributed by atoms with Crippen molar-refractivity contribution in [2.75, 3.05) is 11.9 Å². The maximum absolute atomic E-state index is 11.8. The average molecular weight is 261 g/mol. The molecule has 0 saturated carbocycles. The van der Waals surface area contributed by atoms with Gasteiger partial charge in [-0.15, -0.1) is 5.10 Å². The normalized spacial score (nSPS) is 18.4. The molecule has 9 heteroatoms. The monoisotopic (exact) mass is 261 g/mol. The first-order chi connectivity index (χ1) is 9.33. The molecule has 1 aliphatic heterocycles. The summed E-state index contributed by atoms with van der Waals surface area (Å²) in [5.74, 6) is -0.0512. The van der Waals surface area contributed by atoms with Crippen LogP contribution in [-0.4, -0.2) is 37.8 Å². The lowest BCUT2D eigenvalue weighted by Gasteiger charge is -2.01. The van der Waals surface area contributed by atoms with E-state index in [2.05, 4.69) is 36.0 Å². The van der Waals surface area contributed by atoms with Crippen molar-refractivity contribution < 1.29 is 9.32 Å². The molecule has 3 heterocycles. The second-order valence-electron chi connectivity index (χ2n) is 4.03. The molecule has 19 heavy (non-hydrogen) atoms. The lowest BCUT2D eigenvalue weighted by atomic mass is 10.2. The van der Waals surface area contributed by atoms with Gasteiger partial charge in [-0.05, 0) is 19.4 Å². The Hall–Kier alpha value is -2.42. The van der Waals surface area contributed by atoms with Crippen LogP contribution < -0.4 is 10.6 Å². The molecular weight excluding hydrogens is 250 g/mol. The fourth-order valence-electron chi connectivity index (χ4n) is 1.83. The first-order valence-corrected chi connectivity index (χ1v) is 5.85. The van der Waals surface area contributed by atoms with E-state index in [4.69, 9.17) is 4.52 Å². The lowest BCUT2D eigenvalue weighted by Crippen LogP contribution is -2.17. The summed E-state index contributed by atoms with van der Waals surface area (Å²) in [4.78, 5) is 19.7. The molecule has 0 aromatic carbocycles. The summed E-state index contributed by atoms with van der Waals surface area (Å²) in [5.41, 5.74) is 0. The number of hydrogen-bond donors (Lipinski definition) is 2. The molecular formula is C10H11N7O2. The number of anilines is 1. The molecule has 0 bridgehead atoms. The number of aromatic nitrogens is 5. The molecule has 1 unspecified atom stereocenters. The van der Waals surface area contributed by atoms with Crippen molar-refractivity contribution in [3.8, 4) is 0 Å². The first kappa shape index (κ1) is 11.7. The number of carbonyl (C=O) groups is 1. The van der Waals surface area contributed by atoms with Crippen molar-refractivity contribution >= 4 is 11.9 Å². The van der Waals surface area contributed by atoms with Gasteiger partial charge in [0.1, 0.15) is 0 Å². The van der Waals surface area contributed by atoms with Crippen molar-refractivity contribution in [3.05, 3.63) is 24.1 Å². The highest BCUT2D eigenvalue weighted by Gasteiger charge is 2.24. The van der Waals surface area contributed by atoms with Gasteiger partial charge in [-0.3, -0.25) is 10.1 Å². The van der Waals surface area contributed by atoms with E-state index >= 15 is 0 Å². The lowest BCUT2D eigenvalue weighted by molar-refractivity contribution is 0.101. The number of nitrogens with one attached hydrogen (secondary N) is 2. The Morgan fingerprint density at radius 3 is 3.16 bits per heavy atom. The minimum Gasteiger partial charge on any atom is -0.337 e. The van der Waals surface area contributed by atoms with Crippen molar-refractivity contribution in [1.82, 2.24) is 30.6 Å². The molecule has 1 amide bonds. The molecule has 2 N–H and O–H groups in total. The summed E-state index contributed by atoms with van der Waals surface area (Å²) in [6.07, 6.45) is 4.81. The summed E-state index contributed by atoms with van der Waals surface area (Å²) in [5, 5.41) is 16.5. The maximum atomic E-state index is 11.8. The second kappa shape index (κ2) is 5.06. The third kappa shape index (κ3) is 2.55. The van der Waals surface area contributed by atoms with Crippen molar-refractivity contribution in [3.63, 3.8) is 0 Å². The predicted molar refractivity (Wildman–Crippen MR) is 62.1 cm³/mol. The minimum absolute atomic E-state index is 0.0312. The van der Waals surface area contributed by atoms with Gasteiger partial charge >= 0.3 is 0 Å². The number of rotatable bonds is 3. The van der Waals surface area contributed by atoms with Crippen LogP contribution in [0.3, 0.4) is 0 Å². The molecule has 1 fully saturated rings. The number of amides is 1. The van der Waals surface area contributed by atoms with Crippen LogP contribution in [0.5, 0.6) is 0 Å². The van der Waals surface area contributed by atoms with E-state index in [1.54, 1.807) is 0 Å². The van der Waals surface area contributed by atoms with E-state index in [1.807, 2.05) is 0 Å². The smallest absolute Gasteiger partial charge is 0.299 e. The number of nitrogens with zero attached hydrogens (tertiary/aromatic N) is 5. The summed E-state index contributed by atoms with van der Waals surface area (Å²) >= 11 is 0. The highest BCUT2D eigenvalue weighted by molar-refractivity contribution is 6.00. The number of carbonyl (C=O) groups excluding carboxylic acids is 1. The fraction of sp³-hybridized carbons (Fsp3) is 0.400. The maximum Gasteiger partial charge on any atom is 0.299 e. The van der Waals surface area contributed by atoms with E-state index in [1.165, 1.54) is 12.4 Å². The molecule has 3 rings (SSSR count). The van der Waals surface area contributed by atoms with Crippen LogP contribution >= 0.6 is 0 Å². The first-order valence-electron chi connectivity index (χ1n) is 5.85. The molecule has 1 atom stereocenters. The van der Waals surface area contributed by atoms with E-state index in [-0.39, 0.29) is 17.8 Å². The van der Waals surface area contributed by atoms with Gasteiger partial charge in [-0.25, -0.2) is 4.98 Å². The van der Waals surface area contributed by atoms with E-state index < -0.39 is 5.91 Å². The molecule has 1 aliphatic rings. The van der Waals surface area contributed by atoms with Gasteiger partial charge in [0, 0.05) is 0 Å². The summed E-state index contributed by atoms with van der Waals surface area (Å²) in [6.45, 7) is 0.915. The Bertz CT molecular complexity index is 564. The fourth-order valence-corrected chi connectivity index (χ4v) is 1.83. The van der Waals surface area contributed by atoms with E-state index in [0.717, 1.165) is 19.4 Å². The molecule has 9 nitrogen and oxygen atoms in total. The molecule has 0 spiro atoms. The van der Waals surface area contributed by atoms with Gasteiger partial charge in [0.15, 0.2) is 0 Å². The van der Waals surface area contributed by atoms with Crippen LogP contribution in [0.2, 0.25) is 0 Å². The van der Waals surface area contributed by atoms with E-state index in [9.17, 15) is 4.79 Å². The Labute approximate surface area is 107 Å². The molecule has 1 saturated heterocycles. The zero-order valence-corrected chi connectivity index (χ0v) is 9.91. The van der Waals surface area contributed by atoms with Gasteiger partial charge in [0.25, 0.3) is 11.7 Å². The topological polar surface area (TPSA) is 119 Å². The standard InChI is InChI=1S/C10H11N7O2/c18-8(15-10-12-4-5-13-16-10)7-14-9(19-17-7)6-2-1-3-11-6/h4-6,11H,1-3H2,(H,12,15,16,18). The summed E-state index contributed by atoms with van der Waals surface area (Å²) < 4.78 is 5.07. The van der Waals surface area contributed by atoms with Crippen LogP contribution in [0.25, 0.3) is 0 Å². The van der Waals surface area contributed by atoms with Crippen molar-refractivity contribution in [2.24, 2.45) is 0 Å². The van der Waals surface area contributed by atoms with Crippen LogP contribution in [0.1, 0.15) is 35.4 Å². The van der Waals surface area contributed by atoms with Crippen LogP contribution in [0.4, 0.5) is 5.95 Å². The largest absolute Gasteiger partial charge is 0.337 e. The molecule has 0 aliphatic carbocycles. The highest BCUT2D eigenvalue weighted by atomic mass is 16.5. The van der Waals surface area contributed by atoms with Gasteiger partial charge in [0.2, 0.25) is 11.8 Å². The third-order valence-electron chi connectivity index (χ3n) is 2.71. The highest BCUT2D eigenvalue weighted by Crippen LogP contribution is 2.21. The SMILES string of the molecule is O=C(Nc1nccnn1)c1noc(C2CCCN2)n1. The summed E-state index contributed by atoms with van der Waals surface area (Å²) in [6, 6.07) is 0.0312. The molecule has 2 aromatic heterocycles. The van der Waals surface area contributed by atoms with Gasteiger partial charge < -0.3 is 9.84 Å². The van der Waals surface area contributed by atoms with Gasteiger partial charge in [-0.1, -0.05) is 5.16 Å². The molecule has 0 radical (unpaired) electrons. The quantitative estimate of drug-likeness (QED) is 0.788.